The Labute approximate surface area is 127 Å². The van der Waals surface area contributed by atoms with Crippen molar-refractivity contribution in [1.82, 2.24) is 5.32 Å². The number of ether oxygens (including phenoxy) is 1. The number of hydrogen-bond donors (Lipinski definition) is 1. The third kappa shape index (κ3) is 7.72. The number of benzene rings is 1. The lowest BCUT2D eigenvalue weighted by Gasteiger charge is -2.07. The number of nitrogens with one attached hydrogen (secondary N) is 1. The fourth-order valence-corrected chi connectivity index (χ4v) is 2.26. The summed E-state index contributed by atoms with van der Waals surface area (Å²) in [5.74, 6) is -0.485. The molecule has 1 rings (SSSR count). The van der Waals surface area contributed by atoms with Crippen LogP contribution in [0.3, 0.4) is 0 Å². The van der Waals surface area contributed by atoms with Gasteiger partial charge < -0.3 is 10.1 Å². The van der Waals surface area contributed by atoms with Gasteiger partial charge in [0.2, 0.25) is 5.91 Å². The second kappa shape index (κ2) is 8.47. The second-order valence-corrected chi connectivity index (χ2v) is 6.78. The number of alkyl halides is 2. The van der Waals surface area contributed by atoms with Crippen LogP contribution in [0.15, 0.2) is 30.3 Å². The fourth-order valence-electron chi connectivity index (χ4n) is 1.59. The first kappa shape index (κ1) is 18.1. The van der Waals surface area contributed by atoms with Crippen molar-refractivity contribution in [2.24, 2.45) is 0 Å². The van der Waals surface area contributed by atoms with E-state index in [1.54, 1.807) is 12.1 Å². The van der Waals surface area contributed by atoms with Crippen LogP contribution in [0.1, 0.15) is 12.0 Å². The molecule has 0 aliphatic heterocycles. The van der Waals surface area contributed by atoms with Crippen molar-refractivity contribution in [2.75, 3.05) is 18.6 Å². The third-order valence-corrected chi connectivity index (χ3v) is 3.57. The van der Waals surface area contributed by atoms with Crippen LogP contribution >= 0.6 is 0 Å². The van der Waals surface area contributed by atoms with Gasteiger partial charge in [0.15, 0.2) is 0 Å². The first-order valence-electron chi connectivity index (χ1n) is 6.45. The first-order chi connectivity index (χ1) is 10.3. The van der Waals surface area contributed by atoms with Crippen molar-refractivity contribution in [3.05, 3.63) is 35.9 Å². The second-order valence-electron chi connectivity index (χ2n) is 4.52. The normalized spacial score (nSPS) is 11.8. The summed E-state index contributed by atoms with van der Waals surface area (Å²) < 4.78 is 50.6. The summed E-state index contributed by atoms with van der Waals surface area (Å²) in [6, 6.07) is 6.07. The van der Waals surface area contributed by atoms with E-state index >= 15 is 0 Å². The molecule has 0 aromatic heterocycles. The SMILES string of the molecule is CS(=O)(=O)CCCNC(=O)C=Cc1ccccc1OC(F)F. The molecule has 0 atom stereocenters. The summed E-state index contributed by atoms with van der Waals surface area (Å²) in [5, 5.41) is 2.51. The van der Waals surface area contributed by atoms with E-state index in [1.165, 1.54) is 24.3 Å². The minimum Gasteiger partial charge on any atom is -0.434 e. The maximum absolute atomic E-state index is 12.2. The summed E-state index contributed by atoms with van der Waals surface area (Å²) in [6.07, 6.45) is 3.95. The van der Waals surface area contributed by atoms with E-state index in [2.05, 4.69) is 10.1 Å². The van der Waals surface area contributed by atoms with Gasteiger partial charge in [-0.2, -0.15) is 8.78 Å². The topological polar surface area (TPSA) is 72.5 Å². The van der Waals surface area contributed by atoms with Crippen molar-refractivity contribution in [3.8, 4) is 5.75 Å². The molecule has 1 aromatic carbocycles. The largest absolute Gasteiger partial charge is 0.434 e. The van der Waals surface area contributed by atoms with Crippen LogP contribution in [0, 0.1) is 0 Å². The zero-order valence-corrected chi connectivity index (χ0v) is 12.8. The summed E-state index contributed by atoms with van der Waals surface area (Å²) in [4.78, 5) is 11.5. The molecule has 0 aliphatic carbocycles. The molecule has 0 radical (unpaired) electrons. The smallest absolute Gasteiger partial charge is 0.387 e. The Balaban J connectivity index is 2.52. The van der Waals surface area contributed by atoms with Crippen LogP contribution in [0.4, 0.5) is 8.78 Å². The highest BCUT2D eigenvalue weighted by Gasteiger charge is 2.07. The third-order valence-electron chi connectivity index (χ3n) is 2.54. The number of sulfone groups is 1. The zero-order chi connectivity index (χ0) is 16.6. The highest BCUT2D eigenvalue weighted by atomic mass is 32.2. The van der Waals surface area contributed by atoms with Gasteiger partial charge in [0.25, 0.3) is 0 Å². The van der Waals surface area contributed by atoms with Gasteiger partial charge in [-0.05, 0) is 18.6 Å². The lowest BCUT2D eigenvalue weighted by molar-refractivity contribution is -0.116. The van der Waals surface area contributed by atoms with Crippen molar-refractivity contribution in [1.29, 1.82) is 0 Å². The minimum atomic E-state index is -3.05. The van der Waals surface area contributed by atoms with Crippen molar-refractivity contribution in [2.45, 2.75) is 13.0 Å². The Kier molecular flexibility index (Phi) is 6.97. The number of carbonyl (C=O) groups excluding carboxylic acids is 1. The molecular formula is C14H17F2NO4S. The Morgan fingerprint density at radius 1 is 1.36 bits per heavy atom. The number of para-hydroxylation sites is 1. The minimum absolute atomic E-state index is 0.0118. The van der Waals surface area contributed by atoms with Crippen LogP contribution in [0.5, 0.6) is 5.75 Å². The Morgan fingerprint density at radius 3 is 2.68 bits per heavy atom. The van der Waals surface area contributed by atoms with Crippen molar-refractivity contribution >= 4 is 21.8 Å². The van der Waals surface area contributed by atoms with Crippen LogP contribution in [-0.4, -0.2) is 39.5 Å². The van der Waals surface area contributed by atoms with Gasteiger partial charge in [0, 0.05) is 24.4 Å². The van der Waals surface area contributed by atoms with Gasteiger partial charge in [-0.15, -0.1) is 0 Å². The summed E-state index contributed by atoms with van der Waals surface area (Å²) in [5.41, 5.74) is 0.342. The van der Waals surface area contributed by atoms with E-state index in [-0.39, 0.29) is 18.0 Å². The van der Waals surface area contributed by atoms with E-state index in [9.17, 15) is 22.0 Å². The Hall–Kier alpha value is -1.96. The molecule has 0 spiro atoms. The maximum atomic E-state index is 12.2. The van der Waals surface area contributed by atoms with E-state index in [0.717, 1.165) is 6.26 Å². The fraction of sp³-hybridized carbons (Fsp3) is 0.357. The molecule has 5 nitrogen and oxygen atoms in total. The Morgan fingerprint density at radius 2 is 2.05 bits per heavy atom. The molecule has 0 aliphatic rings. The molecule has 122 valence electrons. The lowest BCUT2D eigenvalue weighted by atomic mass is 10.2. The molecule has 0 fully saturated rings. The maximum Gasteiger partial charge on any atom is 0.387 e. The van der Waals surface area contributed by atoms with Gasteiger partial charge >= 0.3 is 6.61 Å². The van der Waals surface area contributed by atoms with Crippen LogP contribution in [-0.2, 0) is 14.6 Å². The highest BCUT2D eigenvalue weighted by molar-refractivity contribution is 7.90. The standard InChI is InChI=1S/C14H17F2NO4S/c1-22(19,20)10-4-9-17-13(18)8-7-11-5-2-3-6-12(11)21-14(15)16/h2-3,5-8,14H,4,9-10H2,1H3,(H,17,18). The molecule has 0 saturated heterocycles. The van der Waals surface area contributed by atoms with Gasteiger partial charge in [0.05, 0.1) is 5.75 Å². The van der Waals surface area contributed by atoms with E-state index in [0.29, 0.717) is 12.0 Å². The van der Waals surface area contributed by atoms with Crippen LogP contribution in [0.25, 0.3) is 6.08 Å². The molecule has 1 amide bonds. The quantitative estimate of drug-likeness (QED) is 0.582. The Bertz CT molecular complexity index is 629. The van der Waals surface area contributed by atoms with Crippen LogP contribution < -0.4 is 10.1 Å². The van der Waals surface area contributed by atoms with E-state index < -0.39 is 22.4 Å². The monoisotopic (exact) mass is 333 g/mol. The summed E-state index contributed by atoms with van der Waals surface area (Å²) in [7, 11) is -3.05. The lowest BCUT2D eigenvalue weighted by Crippen LogP contribution is -2.23. The number of carbonyl (C=O) groups is 1. The first-order valence-corrected chi connectivity index (χ1v) is 8.51. The average Bonchev–Trinajstić information content (AvgIpc) is 2.41. The zero-order valence-electron chi connectivity index (χ0n) is 12.0. The summed E-state index contributed by atoms with van der Waals surface area (Å²) >= 11 is 0. The molecular weight excluding hydrogens is 316 g/mol. The average molecular weight is 333 g/mol. The molecule has 0 bridgehead atoms. The molecule has 0 unspecified atom stereocenters. The van der Waals surface area contributed by atoms with E-state index in [4.69, 9.17) is 0 Å². The predicted molar refractivity (Wildman–Crippen MR) is 79.4 cm³/mol. The molecule has 22 heavy (non-hydrogen) atoms. The molecule has 1 aromatic rings. The molecule has 0 saturated carbocycles. The van der Waals surface area contributed by atoms with Crippen molar-refractivity contribution < 1.29 is 26.7 Å². The molecule has 0 heterocycles. The van der Waals surface area contributed by atoms with Gasteiger partial charge in [0.1, 0.15) is 15.6 Å². The number of hydrogen-bond acceptors (Lipinski definition) is 4. The summed E-state index contributed by atoms with van der Waals surface area (Å²) in [6.45, 7) is -2.73. The van der Waals surface area contributed by atoms with Crippen LogP contribution in [0.2, 0.25) is 0 Å². The predicted octanol–water partition coefficient (Wildman–Crippen LogP) is 1.85. The number of rotatable bonds is 8. The van der Waals surface area contributed by atoms with E-state index in [1.807, 2.05) is 0 Å². The highest BCUT2D eigenvalue weighted by Crippen LogP contribution is 2.21. The van der Waals surface area contributed by atoms with Gasteiger partial charge in [-0.25, -0.2) is 8.42 Å². The molecule has 8 heteroatoms. The number of halogens is 2. The van der Waals surface area contributed by atoms with Crippen molar-refractivity contribution in [3.63, 3.8) is 0 Å². The molecule has 1 N–H and O–H groups in total. The van der Waals surface area contributed by atoms with Gasteiger partial charge in [-0.3, -0.25) is 4.79 Å². The number of amides is 1. The van der Waals surface area contributed by atoms with Gasteiger partial charge in [-0.1, -0.05) is 18.2 Å².